The van der Waals surface area contributed by atoms with Gasteiger partial charge in [0.15, 0.2) is 0 Å². The monoisotopic (exact) mass is 228 g/mol. The zero-order valence-electron chi connectivity index (χ0n) is 9.22. The molecule has 88 valence electrons. The Kier molecular flexibility index (Phi) is 4.59. The molecule has 1 aromatic rings. The van der Waals surface area contributed by atoms with Crippen molar-refractivity contribution in [1.29, 1.82) is 0 Å². The van der Waals surface area contributed by atoms with Crippen LogP contribution >= 0.6 is 0 Å². The smallest absolute Gasteiger partial charge is 0.166 e. The van der Waals surface area contributed by atoms with E-state index in [2.05, 4.69) is 19.1 Å². The van der Waals surface area contributed by atoms with Crippen LogP contribution in [0.1, 0.15) is 30.9 Å². The fourth-order valence-corrected chi connectivity index (χ4v) is 1.39. The number of benzene rings is 1. The minimum absolute atomic E-state index is 0.583. The van der Waals surface area contributed by atoms with E-state index >= 15 is 0 Å². The molecule has 0 saturated heterocycles. The third kappa shape index (κ3) is 4.09. The van der Waals surface area contributed by atoms with Crippen LogP contribution in [0.2, 0.25) is 0 Å². The Morgan fingerprint density at radius 3 is 2.19 bits per heavy atom. The summed E-state index contributed by atoms with van der Waals surface area (Å²) < 4.78 is 36.8. The third-order valence-electron chi connectivity index (χ3n) is 2.28. The van der Waals surface area contributed by atoms with Crippen LogP contribution in [-0.4, -0.2) is 0 Å². The van der Waals surface area contributed by atoms with Crippen molar-refractivity contribution in [3.8, 4) is 0 Å². The average Bonchev–Trinajstić information content (AvgIpc) is 2.24. The maximum absolute atomic E-state index is 12.3. The van der Waals surface area contributed by atoms with Crippen LogP contribution in [0.3, 0.4) is 0 Å². The van der Waals surface area contributed by atoms with Crippen molar-refractivity contribution in [3.05, 3.63) is 47.5 Å². The summed E-state index contributed by atoms with van der Waals surface area (Å²) >= 11 is 0. The highest BCUT2D eigenvalue weighted by Gasteiger charge is 2.29. The third-order valence-corrected chi connectivity index (χ3v) is 2.28. The first-order valence-corrected chi connectivity index (χ1v) is 5.35. The lowest BCUT2D eigenvalue weighted by Crippen LogP contribution is -2.04. The standard InChI is InChI=1S/C13H15F3/c1-2-3-4-5-6-11-7-9-12(10-8-11)13(14,15)16/h3-4,7-10H,2,5-6H2,1H3/b4-3+. The van der Waals surface area contributed by atoms with Gasteiger partial charge in [-0.1, -0.05) is 31.2 Å². The van der Waals surface area contributed by atoms with Crippen molar-refractivity contribution >= 4 is 0 Å². The van der Waals surface area contributed by atoms with Gasteiger partial charge in [0.05, 0.1) is 5.56 Å². The van der Waals surface area contributed by atoms with Crippen LogP contribution in [0.25, 0.3) is 0 Å². The average molecular weight is 228 g/mol. The lowest BCUT2D eigenvalue weighted by Gasteiger charge is -2.06. The summed E-state index contributed by atoms with van der Waals surface area (Å²) in [7, 11) is 0. The van der Waals surface area contributed by atoms with Crippen molar-refractivity contribution in [2.24, 2.45) is 0 Å². The summed E-state index contributed by atoms with van der Waals surface area (Å²) in [5.41, 5.74) is 0.356. The van der Waals surface area contributed by atoms with E-state index in [1.165, 1.54) is 0 Å². The number of aryl methyl sites for hydroxylation is 1. The Hall–Kier alpha value is -1.25. The van der Waals surface area contributed by atoms with E-state index in [1.54, 1.807) is 12.1 Å². The molecule has 0 nitrogen and oxygen atoms in total. The molecule has 0 aliphatic carbocycles. The van der Waals surface area contributed by atoms with Crippen molar-refractivity contribution in [2.45, 2.75) is 32.4 Å². The molecule has 0 unspecified atom stereocenters. The quantitative estimate of drug-likeness (QED) is 0.660. The van der Waals surface area contributed by atoms with E-state index < -0.39 is 11.7 Å². The Labute approximate surface area is 93.8 Å². The number of allylic oxidation sites excluding steroid dienone is 2. The summed E-state index contributed by atoms with van der Waals surface area (Å²) in [5.74, 6) is 0. The molecule has 0 aromatic heterocycles. The van der Waals surface area contributed by atoms with Crippen LogP contribution in [0.4, 0.5) is 13.2 Å². The Morgan fingerprint density at radius 1 is 1.06 bits per heavy atom. The van der Waals surface area contributed by atoms with E-state index in [-0.39, 0.29) is 0 Å². The lowest BCUT2D eigenvalue weighted by molar-refractivity contribution is -0.137. The highest BCUT2D eigenvalue weighted by Crippen LogP contribution is 2.29. The van der Waals surface area contributed by atoms with Gasteiger partial charge in [-0.2, -0.15) is 13.2 Å². The van der Waals surface area contributed by atoms with Gasteiger partial charge in [0.2, 0.25) is 0 Å². The molecule has 0 atom stereocenters. The first-order valence-electron chi connectivity index (χ1n) is 5.35. The number of halogens is 3. The van der Waals surface area contributed by atoms with Crippen LogP contribution in [0, 0.1) is 0 Å². The van der Waals surface area contributed by atoms with E-state index in [9.17, 15) is 13.2 Å². The molecule has 16 heavy (non-hydrogen) atoms. The largest absolute Gasteiger partial charge is 0.416 e. The number of hydrogen-bond donors (Lipinski definition) is 0. The second-order valence-electron chi connectivity index (χ2n) is 3.61. The maximum Gasteiger partial charge on any atom is 0.416 e. The van der Waals surface area contributed by atoms with Crippen LogP contribution in [0.15, 0.2) is 36.4 Å². The molecule has 3 heteroatoms. The normalized spacial score (nSPS) is 12.2. The highest BCUT2D eigenvalue weighted by atomic mass is 19.4. The van der Waals surface area contributed by atoms with Gasteiger partial charge in [-0.25, -0.2) is 0 Å². The van der Waals surface area contributed by atoms with Crippen LogP contribution < -0.4 is 0 Å². The van der Waals surface area contributed by atoms with Crippen LogP contribution in [0.5, 0.6) is 0 Å². The zero-order valence-corrected chi connectivity index (χ0v) is 9.22. The molecule has 0 bridgehead atoms. The number of hydrogen-bond acceptors (Lipinski definition) is 0. The summed E-state index contributed by atoms with van der Waals surface area (Å²) in [6.07, 6.45) is 2.53. The molecule has 0 fully saturated rings. The molecule has 0 radical (unpaired) electrons. The first kappa shape index (κ1) is 12.8. The molecular formula is C13H15F3. The van der Waals surface area contributed by atoms with Gasteiger partial charge >= 0.3 is 6.18 Å². The number of rotatable bonds is 4. The van der Waals surface area contributed by atoms with Crippen molar-refractivity contribution < 1.29 is 13.2 Å². The summed E-state index contributed by atoms with van der Waals surface area (Å²) in [4.78, 5) is 0. The van der Waals surface area contributed by atoms with Gasteiger partial charge in [-0.15, -0.1) is 0 Å². The molecule has 0 N–H and O–H groups in total. The summed E-state index contributed by atoms with van der Waals surface area (Å²) in [6, 6.07) is 5.36. The minimum atomic E-state index is -4.24. The molecule has 0 aliphatic heterocycles. The van der Waals surface area contributed by atoms with E-state index in [1.807, 2.05) is 0 Å². The SMILES string of the molecule is CC/C=C/CCc1ccc(C(F)(F)F)cc1. The lowest BCUT2D eigenvalue weighted by atomic mass is 10.1. The molecular weight excluding hydrogens is 213 g/mol. The fourth-order valence-electron chi connectivity index (χ4n) is 1.39. The van der Waals surface area contributed by atoms with Gasteiger partial charge in [-0.05, 0) is 37.0 Å². The minimum Gasteiger partial charge on any atom is -0.166 e. The molecule has 1 aromatic carbocycles. The molecule has 0 saturated carbocycles. The van der Waals surface area contributed by atoms with Gasteiger partial charge in [0.1, 0.15) is 0 Å². The Bertz CT molecular complexity index is 333. The predicted molar refractivity (Wildman–Crippen MR) is 59.2 cm³/mol. The van der Waals surface area contributed by atoms with E-state index in [0.29, 0.717) is 0 Å². The predicted octanol–water partition coefficient (Wildman–Crippen LogP) is 4.60. The van der Waals surface area contributed by atoms with Gasteiger partial charge in [-0.3, -0.25) is 0 Å². The zero-order chi connectivity index (χ0) is 12.0. The fraction of sp³-hybridized carbons (Fsp3) is 0.385. The topological polar surface area (TPSA) is 0 Å². The molecule has 0 amide bonds. The molecule has 0 heterocycles. The molecule has 1 rings (SSSR count). The van der Waals surface area contributed by atoms with Gasteiger partial charge in [0, 0.05) is 0 Å². The van der Waals surface area contributed by atoms with Crippen molar-refractivity contribution in [3.63, 3.8) is 0 Å². The van der Waals surface area contributed by atoms with Crippen molar-refractivity contribution in [2.75, 3.05) is 0 Å². The van der Waals surface area contributed by atoms with Gasteiger partial charge < -0.3 is 0 Å². The van der Waals surface area contributed by atoms with E-state index in [0.717, 1.165) is 37.0 Å². The van der Waals surface area contributed by atoms with Crippen LogP contribution in [-0.2, 0) is 12.6 Å². The number of alkyl halides is 3. The second-order valence-corrected chi connectivity index (χ2v) is 3.61. The van der Waals surface area contributed by atoms with E-state index in [4.69, 9.17) is 0 Å². The van der Waals surface area contributed by atoms with Gasteiger partial charge in [0.25, 0.3) is 0 Å². The Morgan fingerprint density at radius 2 is 1.69 bits per heavy atom. The highest BCUT2D eigenvalue weighted by molar-refractivity contribution is 5.24. The maximum atomic E-state index is 12.3. The van der Waals surface area contributed by atoms with Crippen molar-refractivity contribution in [1.82, 2.24) is 0 Å². The molecule has 0 aliphatic rings. The summed E-state index contributed by atoms with van der Waals surface area (Å²) in [6.45, 7) is 2.05. The first-order chi connectivity index (χ1) is 7.54. The second kappa shape index (κ2) is 5.73. The summed E-state index contributed by atoms with van der Waals surface area (Å²) in [5, 5.41) is 0. The molecule has 0 spiro atoms. The Balaban J connectivity index is 2.55.